The second-order valence-electron chi connectivity index (χ2n) is 9.53. The van der Waals surface area contributed by atoms with Crippen molar-refractivity contribution in [2.45, 2.75) is 80.3 Å². The molecule has 1 N–H and O–H groups in total. The Morgan fingerprint density at radius 2 is 1.73 bits per heavy atom. The molecular formula is C19H21F6N3O5. The molecule has 0 radical (unpaired) electrons. The van der Waals surface area contributed by atoms with Gasteiger partial charge in [0.15, 0.2) is 0 Å². The molecule has 0 unspecified atom stereocenters. The summed E-state index contributed by atoms with van der Waals surface area (Å²) in [6.45, 7) is -0.684. The van der Waals surface area contributed by atoms with Crippen LogP contribution in [0.15, 0.2) is 4.42 Å². The van der Waals surface area contributed by atoms with Gasteiger partial charge in [-0.2, -0.15) is 0 Å². The highest BCUT2D eigenvalue weighted by Crippen LogP contribution is 2.67. The van der Waals surface area contributed by atoms with Crippen molar-refractivity contribution in [1.29, 1.82) is 0 Å². The van der Waals surface area contributed by atoms with Crippen LogP contribution in [0.4, 0.5) is 26.3 Å². The number of alkyl halides is 6. The average Bonchev–Trinajstić information content (AvgIpc) is 3.22. The van der Waals surface area contributed by atoms with Gasteiger partial charge in [-0.1, -0.05) is 0 Å². The predicted octanol–water partition coefficient (Wildman–Crippen LogP) is 3.08. The Kier molecular flexibility index (Phi) is 5.22. The maximum Gasteiger partial charge on any atom is 0.522 e. The number of nitrogens with zero attached hydrogens (tertiary/aromatic N) is 2. The first-order valence-electron chi connectivity index (χ1n) is 10.6. The van der Waals surface area contributed by atoms with E-state index < -0.39 is 31.5 Å². The number of amides is 1. The minimum absolute atomic E-state index is 0.0880. The first-order valence-corrected chi connectivity index (χ1v) is 10.6. The second kappa shape index (κ2) is 7.54. The minimum Gasteiger partial charge on any atom is -0.424 e. The normalized spacial score (nSPS) is 37.0. The number of ether oxygens (including phenoxy) is 3. The number of hydrogen-bond donors (Lipinski definition) is 1. The Hall–Kier alpha value is -1.93. The summed E-state index contributed by atoms with van der Waals surface area (Å²) in [6, 6.07) is 0. The van der Waals surface area contributed by atoms with Crippen LogP contribution in [-0.4, -0.2) is 59.8 Å². The van der Waals surface area contributed by atoms with Crippen LogP contribution >= 0.6 is 0 Å². The van der Waals surface area contributed by atoms with Gasteiger partial charge < -0.3 is 14.5 Å². The summed E-state index contributed by atoms with van der Waals surface area (Å²) in [4.78, 5) is 12.2. The Bertz CT molecular complexity index is 893. The molecule has 2 bridgehead atoms. The number of halogens is 6. The van der Waals surface area contributed by atoms with E-state index in [-0.39, 0.29) is 48.1 Å². The SMILES string of the molecule is O=C(COC1CC(OC(F)(F)F)C1)NC12CC(c3nnc([C@@H]4C[C@@H]4COC(F)(F)F)o3)(C1)C2. The molecular weight excluding hydrogens is 464 g/mol. The van der Waals surface area contributed by atoms with E-state index in [9.17, 15) is 31.1 Å². The first kappa shape index (κ1) is 22.8. The Morgan fingerprint density at radius 1 is 1.03 bits per heavy atom. The zero-order chi connectivity index (χ0) is 23.6. The van der Waals surface area contributed by atoms with Gasteiger partial charge in [0.05, 0.1) is 24.2 Å². The fourth-order valence-electron chi connectivity index (χ4n) is 5.15. The third-order valence-corrected chi connectivity index (χ3v) is 6.83. The van der Waals surface area contributed by atoms with Crippen molar-refractivity contribution in [2.24, 2.45) is 5.92 Å². The summed E-state index contributed by atoms with van der Waals surface area (Å²) in [5.41, 5.74) is -0.721. The monoisotopic (exact) mass is 485 g/mol. The molecule has 1 amide bonds. The van der Waals surface area contributed by atoms with E-state index in [0.29, 0.717) is 37.5 Å². The summed E-state index contributed by atoms with van der Waals surface area (Å²) in [7, 11) is 0. The zero-order valence-corrected chi connectivity index (χ0v) is 17.2. The highest BCUT2D eigenvalue weighted by molar-refractivity contribution is 5.79. The average molecular weight is 485 g/mol. The molecule has 0 spiro atoms. The molecule has 0 saturated heterocycles. The maximum atomic E-state index is 12.2. The van der Waals surface area contributed by atoms with Crippen LogP contribution in [0.25, 0.3) is 0 Å². The third kappa shape index (κ3) is 4.83. The van der Waals surface area contributed by atoms with Gasteiger partial charge in [-0.15, -0.1) is 36.5 Å². The standard InChI is InChI=1S/C19H21F6N3O5/c20-18(21,22)31-4-9-1-12(9)14-27-28-15(32-14)16-6-17(7-16,8-16)26-13(29)5-30-10-2-11(3-10)33-19(23,24)25/h9-12H,1-8H2,(H,26,29)/t9-,10?,11?,12-,16?,17?/m1/s1. The lowest BCUT2D eigenvalue weighted by Crippen LogP contribution is -2.77. The summed E-state index contributed by atoms with van der Waals surface area (Å²) in [6.07, 6.45) is -8.23. The van der Waals surface area contributed by atoms with Crippen molar-refractivity contribution in [3.05, 3.63) is 11.8 Å². The molecule has 0 aliphatic heterocycles. The molecule has 2 atom stereocenters. The lowest BCUT2D eigenvalue weighted by atomic mass is 9.39. The van der Waals surface area contributed by atoms with E-state index in [1.165, 1.54) is 0 Å². The van der Waals surface area contributed by atoms with Gasteiger partial charge in [-0.3, -0.25) is 14.3 Å². The quantitative estimate of drug-likeness (QED) is 0.537. The van der Waals surface area contributed by atoms with E-state index >= 15 is 0 Å². The van der Waals surface area contributed by atoms with Crippen LogP contribution in [0, 0.1) is 5.92 Å². The van der Waals surface area contributed by atoms with E-state index in [0.717, 1.165) is 0 Å². The molecule has 1 aromatic heterocycles. The van der Waals surface area contributed by atoms with Gasteiger partial charge >= 0.3 is 12.7 Å². The molecule has 8 nitrogen and oxygen atoms in total. The summed E-state index contributed by atoms with van der Waals surface area (Å²) < 4.78 is 91.5. The van der Waals surface area contributed by atoms with Crippen LogP contribution in [-0.2, 0) is 24.4 Å². The van der Waals surface area contributed by atoms with Gasteiger partial charge in [-0.05, 0) is 31.6 Å². The second-order valence-corrected chi connectivity index (χ2v) is 9.53. The van der Waals surface area contributed by atoms with Crippen LogP contribution in [0.2, 0.25) is 0 Å². The Morgan fingerprint density at radius 3 is 2.36 bits per heavy atom. The van der Waals surface area contributed by atoms with Crippen molar-refractivity contribution < 1.29 is 49.8 Å². The first-order chi connectivity index (χ1) is 15.3. The van der Waals surface area contributed by atoms with E-state index in [1.807, 2.05) is 0 Å². The highest BCUT2D eigenvalue weighted by atomic mass is 19.4. The number of aromatic nitrogens is 2. The van der Waals surface area contributed by atoms with Crippen molar-refractivity contribution in [3.8, 4) is 0 Å². The molecule has 1 heterocycles. The molecule has 0 aromatic carbocycles. The molecule has 6 rings (SSSR count). The molecule has 184 valence electrons. The minimum atomic E-state index is -4.67. The van der Waals surface area contributed by atoms with Crippen LogP contribution < -0.4 is 5.32 Å². The number of carbonyl (C=O) groups excluding carboxylic acids is 1. The topological polar surface area (TPSA) is 95.7 Å². The predicted molar refractivity (Wildman–Crippen MR) is 93.5 cm³/mol. The van der Waals surface area contributed by atoms with E-state index in [2.05, 4.69) is 25.0 Å². The molecule has 33 heavy (non-hydrogen) atoms. The molecule has 5 fully saturated rings. The summed E-state index contributed by atoms with van der Waals surface area (Å²) >= 11 is 0. The Balaban J connectivity index is 1.01. The third-order valence-electron chi connectivity index (χ3n) is 6.83. The van der Waals surface area contributed by atoms with Crippen molar-refractivity contribution in [1.82, 2.24) is 15.5 Å². The van der Waals surface area contributed by atoms with E-state index in [1.54, 1.807) is 0 Å². The molecule has 5 aliphatic carbocycles. The van der Waals surface area contributed by atoms with Gasteiger partial charge in [0, 0.05) is 24.3 Å². The van der Waals surface area contributed by atoms with Crippen LogP contribution in [0.3, 0.4) is 0 Å². The summed E-state index contributed by atoms with van der Waals surface area (Å²) in [5.74, 6) is -0.146. The summed E-state index contributed by atoms with van der Waals surface area (Å²) in [5, 5.41) is 10.9. The number of carbonyl (C=O) groups is 1. The van der Waals surface area contributed by atoms with Crippen molar-refractivity contribution in [3.63, 3.8) is 0 Å². The lowest BCUT2D eigenvalue weighted by Gasteiger charge is -2.68. The highest BCUT2D eigenvalue weighted by Gasteiger charge is 2.72. The molecule has 5 saturated carbocycles. The largest absolute Gasteiger partial charge is 0.522 e. The van der Waals surface area contributed by atoms with Gasteiger partial charge in [-0.25, -0.2) is 0 Å². The van der Waals surface area contributed by atoms with Crippen LogP contribution in [0.5, 0.6) is 0 Å². The maximum absolute atomic E-state index is 12.2. The smallest absolute Gasteiger partial charge is 0.424 e. The van der Waals surface area contributed by atoms with Crippen molar-refractivity contribution >= 4 is 5.91 Å². The van der Waals surface area contributed by atoms with Gasteiger partial charge in [0.1, 0.15) is 6.61 Å². The number of rotatable bonds is 9. The van der Waals surface area contributed by atoms with E-state index in [4.69, 9.17) is 9.15 Å². The van der Waals surface area contributed by atoms with Gasteiger partial charge in [0.25, 0.3) is 0 Å². The van der Waals surface area contributed by atoms with Gasteiger partial charge in [0.2, 0.25) is 17.7 Å². The number of nitrogens with one attached hydrogen (secondary N) is 1. The van der Waals surface area contributed by atoms with Crippen molar-refractivity contribution in [2.75, 3.05) is 13.2 Å². The zero-order valence-electron chi connectivity index (χ0n) is 17.2. The molecule has 14 heteroatoms. The number of hydrogen-bond acceptors (Lipinski definition) is 7. The molecule has 5 aliphatic rings. The molecule has 1 aromatic rings. The van der Waals surface area contributed by atoms with Crippen LogP contribution in [0.1, 0.15) is 56.2 Å². The lowest BCUT2D eigenvalue weighted by molar-refractivity contribution is -0.357. The fourth-order valence-corrected chi connectivity index (χ4v) is 5.15. The Labute approximate surface area is 183 Å². The fraction of sp³-hybridized carbons (Fsp3) is 0.842.